The summed E-state index contributed by atoms with van der Waals surface area (Å²) in [6.07, 6.45) is 4.24. The van der Waals surface area contributed by atoms with E-state index in [1.54, 1.807) is 0 Å². The number of fused-ring (bicyclic) bond motifs is 1. The monoisotopic (exact) mass is 426 g/mol. The Bertz CT molecular complexity index is 949. The first-order valence-electron chi connectivity index (χ1n) is 10.3. The molecule has 7 nitrogen and oxygen atoms in total. The molecule has 1 aliphatic carbocycles. The number of amides is 3. The van der Waals surface area contributed by atoms with E-state index in [4.69, 9.17) is 5.73 Å². The summed E-state index contributed by atoms with van der Waals surface area (Å²) in [7, 11) is 0. The highest BCUT2D eigenvalue weighted by atomic mass is 32.1. The second-order valence-corrected chi connectivity index (χ2v) is 8.98. The van der Waals surface area contributed by atoms with Crippen LogP contribution in [-0.2, 0) is 22.4 Å². The molecule has 4 N–H and O–H groups in total. The van der Waals surface area contributed by atoms with Crippen LogP contribution in [0.3, 0.4) is 0 Å². The summed E-state index contributed by atoms with van der Waals surface area (Å²) >= 11 is 1.47. The van der Waals surface area contributed by atoms with Gasteiger partial charge in [-0.2, -0.15) is 0 Å². The third-order valence-corrected chi connectivity index (χ3v) is 6.99. The van der Waals surface area contributed by atoms with Crippen LogP contribution in [0.25, 0.3) is 0 Å². The van der Waals surface area contributed by atoms with Crippen LogP contribution in [0, 0.1) is 5.92 Å². The number of hydrogen-bond acceptors (Lipinski definition) is 5. The van der Waals surface area contributed by atoms with Gasteiger partial charge in [-0.1, -0.05) is 18.2 Å². The SMILES string of the molecule is NC(=O)c1c(NC(=O)CN2CCC(C(=O)Nc3ccccc3)CC2)sc2c1CCC2. The summed E-state index contributed by atoms with van der Waals surface area (Å²) in [6.45, 7) is 1.61. The van der Waals surface area contributed by atoms with Crippen molar-refractivity contribution >= 4 is 39.7 Å². The summed E-state index contributed by atoms with van der Waals surface area (Å²) in [5, 5.41) is 6.43. The van der Waals surface area contributed by atoms with E-state index in [9.17, 15) is 14.4 Å². The van der Waals surface area contributed by atoms with E-state index in [0.717, 1.165) is 35.4 Å². The topological polar surface area (TPSA) is 105 Å². The number of benzene rings is 1. The predicted octanol–water partition coefficient (Wildman–Crippen LogP) is 2.62. The number of piperidine rings is 1. The summed E-state index contributed by atoms with van der Waals surface area (Å²) in [4.78, 5) is 40.1. The Kier molecular flexibility index (Phi) is 6.15. The largest absolute Gasteiger partial charge is 0.365 e. The Morgan fingerprint density at radius 3 is 2.50 bits per heavy atom. The summed E-state index contributed by atoms with van der Waals surface area (Å²) < 4.78 is 0. The summed E-state index contributed by atoms with van der Waals surface area (Å²) in [5.41, 5.74) is 7.85. The standard InChI is InChI=1S/C22H26N4O3S/c23-20(28)19-16-7-4-8-17(16)30-22(19)25-18(27)13-26-11-9-14(10-12-26)21(29)24-15-5-2-1-3-6-15/h1-3,5-6,14H,4,7-13H2,(H2,23,28)(H,24,29)(H,25,27). The molecule has 1 aromatic carbocycles. The molecule has 0 unspecified atom stereocenters. The minimum absolute atomic E-state index is 0.0319. The van der Waals surface area contributed by atoms with Crippen molar-refractivity contribution in [1.29, 1.82) is 0 Å². The summed E-state index contributed by atoms with van der Waals surface area (Å²) in [5.74, 6) is -0.643. The second kappa shape index (κ2) is 8.97. The Hall–Kier alpha value is -2.71. The highest BCUT2D eigenvalue weighted by molar-refractivity contribution is 7.17. The van der Waals surface area contributed by atoms with Crippen LogP contribution in [0.2, 0.25) is 0 Å². The fourth-order valence-electron chi connectivity index (χ4n) is 4.24. The summed E-state index contributed by atoms with van der Waals surface area (Å²) in [6, 6.07) is 9.44. The first-order chi connectivity index (χ1) is 14.5. The van der Waals surface area contributed by atoms with Crippen LogP contribution < -0.4 is 16.4 Å². The number of thiophene rings is 1. The minimum atomic E-state index is -0.477. The van der Waals surface area contributed by atoms with Crippen molar-refractivity contribution in [3.8, 4) is 0 Å². The van der Waals surface area contributed by atoms with Gasteiger partial charge in [-0.15, -0.1) is 11.3 Å². The van der Waals surface area contributed by atoms with Crippen molar-refractivity contribution in [3.05, 3.63) is 46.3 Å². The number of hydrogen-bond donors (Lipinski definition) is 3. The molecule has 1 aliphatic heterocycles. The molecule has 2 aliphatic rings. The number of aryl methyl sites for hydroxylation is 1. The van der Waals surface area contributed by atoms with Crippen molar-refractivity contribution < 1.29 is 14.4 Å². The molecule has 2 heterocycles. The normalized spacial score (nSPS) is 16.8. The zero-order valence-corrected chi connectivity index (χ0v) is 17.6. The molecule has 0 spiro atoms. The van der Waals surface area contributed by atoms with E-state index < -0.39 is 5.91 Å². The van der Waals surface area contributed by atoms with Crippen LogP contribution in [0.15, 0.2) is 30.3 Å². The number of rotatable bonds is 6. The minimum Gasteiger partial charge on any atom is -0.365 e. The number of nitrogens with zero attached hydrogens (tertiary/aromatic N) is 1. The molecule has 1 aromatic heterocycles. The maximum absolute atomic E-state index is 12.6. The molecule has 0 bridgehead atoms. The van der Waals surface area contributed by atoms with Gasteiger partial charge in [0.2, 0.25) is 11.8 Å². The quantitative estimate of drug-likeness (QED) is 0.660. The molecule has 1 fully saturated rings. The Labute approximate surface area is 179 Å². The van der Waals surface area contributed by atoms with Crippen molar-refractivity contribution in [1.82, 2.24) is 4.90 Å². The van der Waals surface area contributed by atoms with Gasteiger partial charge in [0, 0.05) is 16.5 Å². The maximum atomic E-state index is 12.6. The molecule has 158 valence electrons. The molecule has 0 atom stereocenters. The van der Waals surface area contributed by atoms with Crippen molar-refractivity contribution in [2.45, 2.75) is 32.1 Å². The molecule has 30 heavy (non-hydrogen) atoms. The molecule has 3 amide bonds. The predicted molar refractivity (Wildman–Crippen MR) is 118 cm³/mol. The van der Waals surface area contributed by atoms with Crippen molar-refractivity contribution in [2.75, 3.05) is 30.3 Å². The Morgan fingerprint density at radius 1 is 1.07 bits per heavy atom. The molecule has 8 heteroatoms. The number of nitrogens with one attached hydrogen (secondary N) is 2. The zero-order chi connectivity index (χ0) is 21.1. The third kappa shape index (κ3) is 4.55. The fourth-order valence-corrected chi connectivity index (χ4v) is 5.55. The molecular weight excluding hydrogens is 400 g/mol. The lowest BCUT2D eigenvalue weighted by molar-refractivity contribution is -0.121. The van der Waals surface area contributed by atoms with E-state index in [0.29, 0.717) is 36.5 Å². The smallest absolute Gasteiger partial charge is 0.251 e. The number of anilines is 2. The number of para-hydroxylation sites is 1. The lowest BCUT2D eigenvalue weighted by Gasteiger charge is -2.30. The van der Waals surface area contributed by atoms with Gasteiger partial charge in [0.05, 0.1) is 12.1 Å². The van der Waals surface area contributed by atoms with Crippen LogP contribution >= 0.6 is 11.3 Å². The highest BCUT2D eigenvalue weighted by Crippen LogP contribution is 2.38. The van der Waals surface area contributed by atoms with Gasteiger partial charge in [0.25, 0.3) is 5.91 Å². The van der Waals surface area contributed by atoms with E-state index in [1.807, 2.05) is 35.2 Å². The number of carbonyl (C=O) groups excluding carboxylic acids is 3. The van der Waals surface area contributed by atoms with Gasteiger partial charge in [-0.05, 0) is 62.9 Å². The van der Waals surface area contributed by atoms with Crippen LogP contribution in [0.5, 0.6) is 0 Å². The van der Waals surface area contributed by atoms with E-state index in [-0.39, 0.29) is 24.3 Å². The molecular formula is C22H26N4O3S. The fraction of sp³-hybridized carbons (Fsp3) is 0.409. The van der Waals surface area contributed by atoms with Crippen LogP contribution in [-0.4, -0.2) is 42.3 Å². The average molecular weight is 427 g/mol. The number of nitrogens with two attached hydrogens (primary N) is 1. The number of likely N-dealkylation sites (tertiary alicyclic amines) is 1. The first-order valence-corrected chi connectivity index (χ1v) is 11.2. The molecule has 4 rings (SSSR count). The van der Waals surface area contributed by atoms with Gasteiger partial charge in [-0.3, -0.25) is 19.3 Å². The molecule has 0 radical (unpaired) electrons. The second-order valence-electron chi connectivity index (χ2n) is 7.88. The molecule has 2 aromatic rings. The number of carbonyl (C=O) groups is 3. The third-order valence-electron chi connectivity index (χ3n) is 5.79. The van der Waals surface area contributed by atoms with Gasteiger partial charge < -0.3 is 16.4 Å². The first kappa shape index (κ1) is 20.6. The lowest BCUT2D eigenvalue weighted by Crippen LogP contribution is -2.41. The van der Waals surface area contributed by atoms with E-state index in [2.05, 4.69) is 10.6 Å². The number of primary amides is 1. The van der Waals surface area contributed by atoms with E-state index in [1.165, 1.54) is 11.3 Å². The lowest BCUT2D eigenvalue weighted by atomic mass is 9.96. The van der Waals surface area contributed by atoms with Gasteiger partial charge in [0.1, 0.15) is 5.00 Å². The average Bonchev–Trinajstić information content (AvgIpc) is 3.29. The highest BCUT2D eigenvalue weighted by Gasteiger charge is 2.28. The zero-order valence-electron chi connectivity index (χ0n) is 16.8. The van der Waals surface area contributed by atoms with Crippen molar-refractivity contribution in [3.63, 3.8) is 0 Å². The maximum Gasteiger partial charge on any atom is 0.251 e. The Morgan fingerprint density at radius 2 is 1.80 bits per heavy atom. The van der Waals surface area contributed by atoms with Crippen LogP contribution in [0.1, 0.15) is 40.1 Å². The van der Waals surface area contributed by atoms with E-state index >= 15 is 0 Å². The van der Waals surface area contributed by atoms with Crippen LogP contribution in [0.4, 0.5) is 10.7 Å². The Balaban J connectivity index is 1.28. The van der Waals surface area contributed by atoms with Gasteiger partial charge in [-0.25, -0.2) is 0 Å². The van der Waals surface area contributed by atoms with Gasteiger partial charge >= 0.3 is 0 Å². The van der Waals surface area contributed by atoms with Gasteiger partial charge in [0.15, 0.2) is 0 Å². The molecule has 0 saturated carbocycles. The van der Waals surface area contributed by atoms with Crippen molar-refractivity contribution in [2.24, 2.45) is 11.7 Å². The molecule has 1 saturated heterocycles.